The molecule has 0 unspecified atom stereocenters. The van der Waals surface area contributed by atoms with Gasteiger partial charge in [0.2, 0.25) is 5.91 Å². The van der Waals surface area contributed by atoms with Crippen LogP contribution in [0.5, 0.6) is 0 Å². The van der Waals surface area contributed by atoms with Gasteiger partial charge in [-0.25, -0.2) is 0 Å². The van der Waals surface area contributed by atoms with Crippen molar-refractivity contribution in [2.24, 2.45) is 5.73 Å². The Balaban J connectivity index is 3.08. The Morgan fingerprint density at radius 3 is 1.57 bits per heavy atom. The van der Waals surface area contributed by atoms with Crippen LogP contribution in [-0.2, 0) is 4.79 Å². The highest BCUT2D eigenvalue weighted by Gasteiger charge is 2.00. The summed E-state index contributed by atoms with van der Waals surface area (Å²) in [5.41, 5.74) is 5.71. The van der Waals surface area contributed by atoms with Gasteiger partial charge in [0.05, 0.1) is 0 Å². The van der Waals surface area contributed by atoms with Crippen molar-refractivity contribution in [2.45, 2.75) is 89.9 Å². The van der Waals surface area contributed by atoms with Gasteiger partial charge in [0.15, 0.2) is 0 Å². The van der Waals surface area contributed by atoms with Crippen LogP contribution in [0.1, 0.15) is 89.9 Å². The third-order valence-corrected chi connectivity index (χ3v) is 3.90. The quantitative estimate of drug-likeness (QED) is 0.254. The van der Waals surface area contributed by atoms with Crippen LogP contribution >= 0.6 is 0 Å². The molecule has 2 heteroatoms. The molecule has 0 rings (SSSR count). The van der Waals surface area contributed by atoms with E-state index in [1.54, 1.807) is 0 Å². The number of terminal acetylenes is 1. The maximum Gasteiger partial charge on any atom is 0.244 e. The molecule has 0 bridgehead atoms. The van der Waals surface area contributed by atoms with Gasteiger partial charge in [-0.1, -0.05) is 70.8 Å². The number of carbonyl (C=O) groups excluding carboxylic acids is 1. The van der Waals surface area contributed by atoms with Gasteiger partial charge in [-0.3, -0.25) is 4.79 Å². The topological polar surface area (TPSA) is 43.1 Å². The zero-order valence-electron chi connectivity index (χ0n) is 13.7. The SMILES string of the molecule is C#CCCCCCCCCCCCCCCC(=C)C(N)=O. The van der Waals surface area contributed by atoms with E-state index in [1.807, 2.05) is 0 Å². The Morgan fingerprint density at radius 2 is 1.19 bits per heavy atom. The highest BCUT2D eigenvalue weighted by atomic mass is 16.1. The van der Waals surface area contributed by atoms with E-state index in [4.69, 9.17) is 12.2 Å². The van der Waals surface area contributed by atoms with E-state index in [2.05, 4.69) is 12.5 Å². The molecule has 0 aliphatic rings. The normalized spacial score (nSPS) is 10.2. The summed E-state index contributed by atoms with van der Waals surface area (Å²) in [4.78, 5) is 10.8. The van der Waals surface area contributed by atoms with Crippen molar-refractivity contribution in [1.82, 2.24) is 0 Å². The fraction of sp³-hybridized carbons (Fsp3) is 0.737. The summed E-state index contributed by atoms with van der Waals surface area (Å²) in [6, 6.07) is 0. The second-order valence-electron chi connectivity index (χ2n) is 5.91. The van der Waals surface area contributed by atoms with E-state index < -0.39 is 0 Å². The number of primary amides is 1. The summed E-state index contributed by atoms with van der Waals surface area (Å²) in [5, 5.41) is 0. The average Bonchev–Trinajstić information content (AvgIpc) is 2.47. The summed E-state index contributed by atoms with van der Waals surface area (Å²) in [6.45, 7) is 3.67. The first-order valence-electron chi connectivity index (χ1n) is 8.59. The molecule has 2 nitrogen and oxygen atoms in total. The maximum atomic E-state index is 10.8. The van der Waals surface area contributed by atoms with E-state index in [-0.39, 0.29) is 5.91 Å². The maximum absolute atomic E-state index is 10.8. The van der Waals surface area contributed by atoms with Gasteiger partial charge in [0, 0.05) is 12.0 Å². The Hall–Kier alpha value is -1.23. The second kappa shape index (κ2) is 15.2. The molecule has 120 valence electrons. The lowest BCUT2D eigenvalue weighted by Gasteiger charge is -2.03. The minimum absolute atomic E-state index is 0.353. The minimum Gasteiger partial charge on any atom is -0.366 e. The summed E-state index contributed by atoms with van der Waals surface area (Å²) in [6.07, 6.45) is 22.3. The van der Waals surface area contributed by atoms with Gasteiger partial charge >= 0.3 is 0 Å². The van der Waals surface area contributed by atoms with Crippen molar-refractivity contribution in [1.29, 1.82) is 0 Å². The highest BCUT2D eigenvalue weighted by molar-refractivity contribution is 5.91. The van der Waals surface area contributed by atoms with Crippen LogP contribution in [0.15, 0.2) is 12.2 Å². The van der Waals surface area contributed by atoms with Crippen molar-refractivity contribution < 1.29 is 4.79 Å². The second-order valence-corrected chi connectivity index (χ2v) is 5.91. The van der Waals surface area contributed by atoms with E-state index in [0.717, 1.165) is 19.3 Å². The zero-order chi connectivity index (χ0) is 15.8. The summed E-state index contributed by atoms with van der Waals surface area (Å²) >= 11 is 0. The average molecular weight is 291 g/mol. The smallest absolute Gasteiger partial charge is 0.244 e. The molecule has 0 fully saturated rings. The van der Waals surface area contributed by atoms with Gasteiger partial charge < -0.3 is 5.73 Å². The monoisotopic (exact) mass is 291 g/mol. The van der Waals surface area contributed by atoms with Crippen molar-refractivity contribution in [2.75, 3.05) is 0 Å². The summed E-state index contributed by atoms with van der Waals surface area (Å²) in [5.74, 6) is 2.34. The van der Waals surface area contributed by atoms with E-state index in [1.165, 1.54) is 70.6 Å². The molecule has 2 N–H and O–H groups in total. The standard InChI is InChI=1S/C19H33NO/c1-3-4-5-6-7-8-9-10-11-12-13-14-15-16-17-18(2)19(20)21/h1H,2,4-17H2,(H2,20,21). The molecular weight excluding hydrogens is 258 g/mol. The first kappa shape index (κ1) is 19.8. The van der Waals surface area contributed by atoms with E-state index in [9.17, 15) is 4.79 Å². The Kier molecular flexibility index (Phi) is 14.3. The van der Waals surface area contributed by atoms with Crippen LogP contribution in [-0.4, -0.2) is 5.91 Å². The Bertz CT molecular complexity index is 314. The summed E-state index contributed by atoms with van der Waals surface area (Å²) < 4.78 is 0. The fourth-order valence-electron chi connectivity index (χ4n) is 2.46. The predicted molar refractivity (Wildman–Crippen MR) is 91.8 cm³/mol. The van der Waals surface area contributed by atoms with Crippen LogP contribution in [0.3, 0.4) is 0 Å². The molecular formula is C19H33NO. The molecule has 1 amide bonds. The molecule has 0 spiro atoms. The lowest BCUT2D eigenvalue weighted by molar-refractivity contribution is -0.114. The summed E-state index contributed by atoms with van der Waals surface area (Å²) in [7, 11) is 0. The lowest BCUT2D eigenvalue weighted by Crippen LogP contribution is -2.12. The molecule has 0 radical (unpaired) electrons. The number of hydrogen-bond donors (Lipinski definition) is 1. The van der Waals surface area contributed by atoms with Crippen molar-refractivity contribution >= 4 is 5.91 Å². The van der Waals surface area contributed by atoms with Crippen LogP contribution < -0.4 is 5.73 Å². The number of hydrogen-bond acceptors (Lipinski definition) is 1. The first-order valence-corrected chi connectivity index (χ1v) is 8.59. The largest absolute Gasteiger partial charge is 0.366 e. The number of rotatable bonds is 15. The third kappa shape index (κ3) is 15.0. The molecule has 0 aliphatic carbocycles. The molecule has 21 heavy (non-hydrogen) atoms. The highest BCUT2D eigenvalue weighted by Crippen LogP contribution is 2.13. The van der Waals surface area contributed by atoms with Crippen LogP contribution in [0.4, 0.5) is 0 Å². The third-order valence-electron chi connectivity index (χ3n) is 3.90. The predicted octanol–water partition coefficient (Wildman–Crippen LogP) is 5.12. The van der Waals surface area contributed by atoms with Crippen LogP contribution in [0.2, 0.25) is 0 Å². The van der Waals surface area contributed by atoms with Crippen molar-refractivity contribution in [3.63, 3.8) is 0 Å². The van der Waals surface area contributed by atoms with Gasteiger partial charge in [-0.05, 0) is 19.3 Å². The van der Waals surface area contributed by atoms with Crippen molar-refractivity contribution in [3.8, 4) is 12.3 Å². The number of amides is 1. The molecule has 0 heterocycles. The number of carbonyl (C=O) groups is 1. The molecule has 0 saturated heterocycles. The van der Waals surface area contributed by atoms with Gasteiger partial charge in [-0.15, -0.1) is 12.3 Å². The van der Waals surface area contributed by atoms with Crippen molar-refractivity contribution in [3.05, 3.63) is 12.2 Å². The Labute approximate surface area is 131 Å². The first-order chi connectivity index (χ1) is 10.2. The van der Waals surface area contributed by atoms with Gasteiger partial charge in [-0.2, -0.15) is 0 Å². The minimum atomic E-state index is -0.353. The molecule has 0 aromatic heterocycles. The number of unbranched alkanes of at least 4 members (excludes halogenated alkanes) is 12. The van der Waals surface area contributed by atoms with Crippen LogP contribution in [0.25, 0.3) is 0 Å². The van der Waals surface area contributed by atoms with Gasteiger partial charge in [0.1, 0.15) is 0 Å². The molecule has 0 saturated carbocycles. The zero-order valence-corrected chi connectivity index (χ0v) is 13.7. The molecule has 0 aromatic carbocycles. The van der Waals surface area contributed by atoms with E-state index >= 15 is 0 Å². The van der Waals surface area contributed by atoms with Gasteiger partial charge in [0.25, 0.3) is 0 Å². The number of nitrogens with two attached hydrogens (primary N) is 1. The fourth-order valence-corrected chi connectivity index (χ4v) is 2.46. The molecule has 0 aliphatic heterocycles. The molecule has 0 atom stereocenters. The van der Waals surface area contributed by atoms with E-state index in [0.29, 0.717) is 5.57 Å². The van der Waals surface area contributed by atoms with Crippen LogP contribution in [0, 0.1) is 12.3 Å². The Morgan fingerprint density at radius 1 is 0.810 bits per heavy atom. The molecule has 0 aromatic rings. The lowest BCUT2D eigenvalue weighted by atomic mass is 10.0.